The first kappa shape index (κ1) is 31.0. The van der Waals surface area contributed by atoms with Crippen molar-refractivity contribution in [3.63, 3.8) is 0 Å². The van der Waals surface area contributed by atoms with E-state index in [1.165, 1.54) is 43.8 Å². The fourth-order valence-electron chi connectivity index (χ4n) is 9.93. The molecule has 0 unspecified atom stereocenters. The first-order valence-electron chi connectivity index (χ1n) is 19.2. The number of aromatic nitrogens is 2. The Morgan fingerprint density at radius 1 is 0.464 bits per heavy atom. The summed E-state index contributed by atoms with van der Waals surface area (Å²) in [6, 6.07) is 60.9. The number of hydrogen-bond donors (Lipinski definition) is 0. The minimum atomic E-state index is -0.173. The minimum absolute atomic E-state index is 0.173. The highest BCUT2D eigenvalue weighted by Gasteiger charge is 2.36. The Kier molecular flexibility index (Phi) is 6.15. The molecule has 0 N–H and O–H groups in total. The van der Waals surface area contributed by atoms with Gasteiger partial charge in [-0.15, -0.1) is 0 Å². The van der Waals surface area contributed by atoms with Gasteiger partial charge in [-0.05, 0) is 76.9 Å². The Morgan fingerprint density at radius 2 is 1.14 bits per heavy atom. The van der Waals surface area contributed by atoms with E-state index in [0.717, 1.165) is 66.5 Å². The summed E-state index contributed by atoms with van der Waals surface area (Å²) in [4.78, 5) is 0. The number of hydrogen-bond acceptors (Lipinski definition) is 2. The van der Waals surface area contributed by atoms with E-state index in [2.05, 4.69) is 169 Å². The lowest BCUT2D eigenvalue weighted by Crippen LogP contribution is -2.15. The van der Waals surface area contributed by atoms with Gasteiger partial charge in [-0.2, -0.15) is 5.26 Å². The van der Waals surface area contributed by atoms with Gasteiger partial charge in [-0.1, -0.05) is 123 Å². The van der Waals surface area contributed by atoms with Gasteiger partial charge in [-0.3, -0.25) is 0 Å². The highest BCUT2D eigenvalue weighted by atomic mass is 16.3. The van der Waals surface area contributed by atoms with Crippen molar-refractivity contribution in [1.82, 2.24) is 9.13 Å². The molecule has 0 saturated heterocycles. The zero-order valence-corrected chi connectivity index (χ0v) is 30.8. The van der Waals surface area contributed by atoms with E-state index in [1.807, 2.05) is 24.3 Å². The van der Waals surface area contributed by atoms with Crippen LogP contribution in [0.3, 0.4) is 0 Å². The van der Waals surface area contributed by atoms with E-state index < -0.39 is 0 Å². The Bertz CT molecular complexity index is 3530. The smallest absolute Gasteiger partial charge is 0.136 e. The van der Waals surface area contributed by atoms with Crippen LogP contribution >= 0.6 is 0 Å². The lowest BCUT2D eigenvalue weighted by molar-refractivity contribution is 0.661. The third kappa shape index (κ3) is 3.96. The molecule has 1 aliphatic carbocycles. The summed E-state index contributed by atoms with van der Waals surface area (Å²) >= 11 is 0. The molecule has 1 aliphatic rings. The lowest BCUT2D eigenvalue weighted by atomic mass is 9.82. The molecule has 0 amide bonds. The zero-order chi connectivity index (χ0) is 37.3. The first-order valence-corrected chi connectivity index (χ1v) is 19.2. The lowest BCUT2D eigenvalue weighted by Gasteiger charge is -2.22. The van der Waals surface area contributed by atoms with Crippen molar-refractivity contribution in [2.24, 2.45) is 0 Å². The minimum Gasteiger partial charge on any atom is -0.456 e. The molecule has 12 rings (SSSR count). The average Bonchev–Trinajstić information content (AvgIpc) is 3.95. The first-order chi connectivity index (χ1) is 27.5. The molecule has 3 heterocycles. The molecule has 0 atom stereocenters. The topological polar surface area (TPSA) is 46.8 Å². The second-order valence-corrected chi connectivity index (χ2v) is 15.6. The van der Waals surface area contributed by atoms with Gasteiger partial charge in [-0.25, -0.2) is 0 Å². The largest absolute Gasteiger partial charge is 0.456 e. The highest BCUT2D eigenvalue weighted by molar-refractivity contribution is 6.27. The highest BCUT2D eigenvalue weighted by Crippen LogP contribution is 2.52. The van der Waals surface area contributed by atoms with Crippen molar-refractivity contribution in [3.8, 4) is 39.7 Å². The number of nitrogens with zero attached hydrogens (tertiary/aromatic N) is 3. The number of para-hydroxylation sites is 5. The summed E-state index contributed by atoms with van der Waals surface area (Å²) in [5, 5.41) is 17.8. The van der Waals surface area contributed by atoms with Gasteiger partial charge in [0.15, 0.2) is 0 Å². The van der Waals surface area contributed by atoms with Gasteiger partial charge >= 0.3 is 0 Å². The molecule has 0 radical (unpaired) electrons. The predicted molar refractivity (Wildman–Crippen MR) is 230 cm³/mol. The molecule has 4 nitrogen and oxygen atoms in total. The molecular weight excluding hydrogens is 683 g/mol. The van der Waals surface area contributed by atoms with Crippen molar-refractivity contribution in [2.45, 2.75) is 19.3 Å². The maximum atomic E-state index is 10.9. The summed E-state index contributed by atoms with van der Waals surface area (Å²) in [6.45, 7) is 4.65. The second-order valence-electron chi connectivity index (χ2n) is 15.6. The molecule has 0 saturated carbocycles. The quantitative estimate of drug-likeness (QED) is 0.183. The van der Waals surface area contributed by atoms with Crippen LogP contribution in [0.2, 0.25) is 0 Å². The van der Waals surface area contributed by atoms with Gasteiger partial charge in [0.1, 0.15) is 17.2 Å². The Morgan fingerprint density at radius 3 is 1.98 bits per heavy atom. The third-order valence-electron chi connectivity index (χ3n) is 12.4. The fraction of sp³-hybridized carbons (Fsp3) is 0.0577. The Labute approximate surface area is 322 Å². The zero-order valence-electron chi connectivity index (χ0n) is 30.8. The maximum absolute atomic E-state index is 10.9. The summed E-state index contributed by atoms with van der Waals surface area (Å²) < 4.78 is 11.1. The Balaban J connectivity index is 1.18. The summed E-state index contributed by atoms with van der Waals surface area (Å²) in [5.74, 6) is 0. The van der Waals surface area contributed by atoms with Crippen LogP contribution in [-0.2, 0) is 5.41 Å². The van der Waals surface area contributed by atoms with Crippen LogP contribution in [0.15, 0.2) is 168 Å². The number of nitriles is 1. The predicted octanol–water partition coefficient (Wildman–Crippen LogP) is 13.6. The van der Waals surface area contributed by atoms with Gasteiger partial charge < -0.3 is 13.6 Å². The van der Waals surface area contributed by atoms with Crippen molar-refractivity contribution in [2.75, 3.05) is 0 Å². The van der Waals surface area contributed by atoms with Crippen molar-refractivity contribution >= 4 is 65.6 Å². The van der Waals surface area contributed by atoms with E-state index in [-0.39, 0.29) is 5.41 Å². The Hall–Kier alpha value is -7.35. The number of fused-ring (bicyclic) bond motifs is 13. The molecule has 11 aromatic rings. The summed E-state index contributed by atoms with van der Waals surface area (Å²) in [5.41, 5.74) is 15.8. The molecule has 0 aliphatic heterocycles. The van der Waals surface area contributed by atoms with Crippen molar-refractivity contribution in [1.29, 1.82) is 5.26 Å². The van der Waals surface area contributed by atoms with Gasteiger partial charge in [0.2, 0.25) is 0 Å². The SMILES string of the molecule is CC1(C)c2ccccc2-c2cc3c4ccccc4n(-c4c(C#N)cccc4-c4ccccc4-n4c5ccccc5c5c6c(ccc54)oc4ccccc46)c3cc21. The molecule has 56 heavy (non-hydrogen) atoms. The van der Waals surface area contributed by atoms with Crippen molar-refractivity contribution in [3.05, 3.63) is 180 Å². The van der Waals surface area contributed by atoms with Crippen LogP contribution in [0.5, 0.6) is 0 Å². The average molecular weight is 716 g/mol. The molecule has 8 aromatic carbocycles. The molecule has 0 bridgehead atoms. The van der Waals surface area contributed by atoms with Gasteiger partial charge in [0.25, 0.3) is 0 Å². The molecule has 262 valence electrons. The van der Waals surface area contributed by atoms with E-state index in [0.29, 0.717) is 5.56 Å². The second kappa shape index (κ2) is 11.1. The third-order valence-corrected chi connectivity index (χ3v) is 12.4. The number of benzene rings is 8. The maximum Gasteiger partial charge on any atom is 0.136 e. The number of rotatable bonds is 3. The number of furan rings is 1. The van der Waals surface area contributed by atoms with E-state index >= 15 is 0 Å². The van der Waals surface area contributed by atoms with Crippen LogP contribution in [0.25, 0.3) is 99.2 Å². The molecule has 0 fully saturated rings. The molecular formula is C52H33N3O. The summed E-state index contributed by atoms with van der Waals surface area (Å²) in [7, 11) is 0. The standard InChI is InChI=1S/C52H33N3O/c1-52(2)40-21-8-3-15-32(40)38-28-39-34-17-5-10-23-43(34)55(46(39)29-41(38)52)51-31(30-53)14-13-20-35(51)33-16-4-9-22-42(33)54-44-24-11-6-18-36(44)49-45(54)26-27-48-50(49)37-19-7-12-25-47(37)56-48/h3-29H,1-2H3. The van der Waals surface area contributed by atoms with Crippen LogP contribution in [0.4, 0.5) is 0 Å². The normalized spacial score (nSPS) is 13.3. The van der Waals surface area contributed by atoms with Crippen molar-refractivity contribution < 1.29 is 4.42 Å². The van der Waals surface area contributed by atoms with Crippen LogP contribution in [-0.4, -0.2) is 9.13 Å². The monoisotopic (exact) mass is 715 g/mol. The van der Waals surface area contributed by atoms with Crippen LogP contribution < -0.4 is 0 Å². The van der Waals surface area contributed by atoms with E-state index in [9.17, 15) is 5.26 Å². The van der Waals surface area contributed by atoms with Gasteiger partial charge in [0, 0.05) is 48.9 Å². The van der Waals surface area contributed by atoms with E-state index in [4.69, 9.17) is 4.42 Å². The van der Waals surface area contributed by atoms with E-state index in [1.54, 1.807) is 0 Å². The fourth-order valence-corrected chi connectivity index (χ4v) is 9.93. The molecule has 3 aromatic heterocycles. The van der Waals surface area contributed by atoms with Crippen LogP contribution in [0, 0.1) is 11.3 Å². The molecule has 0 spiro atoms. The summed E-state index contributed by atoms with van der Waals surface area (Å²) in [6.07, 6.45) is 0. The van der Waals surface area contributed by atoms with Crippen LogP contribution in [0.1, 0.15) is 30.5 Å². The molecule has 4 heteroatoms. The van der Waals surface area contributed by atoms with Gasteiger partial charge in [0.05, 0.1) is 39.0 Å².